The second-order valence-corrected chi connectivity index (χ2v) is 9.39. The van der Waals surface area contributed by atoms with E-state index in [4.69, 9.17) is 17.3 Å². The number of hydrogen-bond acceptors (Lipinski definition) is 6. The Morgan fingerprint density at radius 1 is 1.35 bits per heavy atom. The Kier molecular flexibility index (Phi) is 6.57. The molecule has 0 bridgehead atoms. The molecule has 1 amide bonds. The van der Waals surface area contributed by atoms with Crippen molar-refractivity contribution in [3.05, 3.63) is 50.6 Å². The van der Waals surface area contributed by atoms with E-state index < -0.39 is 0 Å². The standard InChI is InChI=1S/C16H11Br2ClN4OS2/c17-8-3-4-9(10(18)6-8)13-15(26-16(20)23-13)25-7-12(24)22-11-2-1-5-21-14(11)19/h1-6H,7H2,(H2,20,23)(H,22,24). The maximum Gasteiger partial charge on any atom is 0.234 e. The third-order valence-corrected chi connectivity index (χ3v) is 6.76. The molecule has 26 heavy (non-hydrogen) atoms. The van der Waals surface area contributed by atoms with Crippen LogP contribution in [0.5, 0.6) is 0 Å². The Morgan fingerprint density at radius 2 is 2.15 bits per heavy atom. The molecule has 5 nitrogen and oxygen atoms in total. The predicted octanol–water partition coefficient (Wildman–Crippen LogP) is 5.70. The molecule has 2 aromatic heterocycles. The van der Waals surface area contributed by atoms with E-state index in [1.165, 1.54) is 23.1 Å². The van der Waals surface area contributed by atoms with Crippen LogP contribution in [0.4, 0.5) is 10.8 Å². The number of benzene rings is 1. The molecular weight excluding hydrogens is 524 g/mol. The van der Waals surface area contributed by atoms with Gasteiger partial charge in [0.15, 0.2) is 10.3 Å². The number of pyridine rings is 1. The summed E-state index contributed by atoms with van der Waals surface area (Å²) >= 11 is 15.7. The molecule has 0 aliphatic heterocycles. The number of nitrogens with zero attached hydrogens (tertiary/aromatic N) is 2. The molecule has 0 aliphatic rings. The molecular formula is C16H11Br2ClN4OS2. The molecule has 0 fully saturated rings. The molecule has 3 N–H and O–H groups in total. The molecule has 3 aromatic rings. The summed E-state index contributed by atoms with van der Waals surface area (Å²) in [5.74, 6) is 0.0197. The minimum Gasteiger partial charge on any atom is -0.375 e. The van der Waals surface area contributed by atoms with Crippen molar-refractivity contribution < 1.29 is 4.79 Å². The van der Waals surface area contributed by atoms with E-state index in [-0.39, 0.29) is 16.8 Å². The van der Waals surface area contributed by atoms with Gasteiger partial charge in [-0.2, -0.15) is 0 Å². The molecule has 0 atom stereocenters. The fraction of sp³-hybridized carbons (Fsp3) is 0.0625. The van der Waals surface area contributed by atoms with Gasteiger partial charge < -0.3 is 11.1 Å². The fourth-order valence-electron chi connectivity index (χ4n) is 2.07. The van der Waals surface area contributed by atoms with Gasteiger partial charge in [-0.3, -0.25) is 4.79 Å². The summed E-state index contributed by atoms with van der Waals surface area (Å²) in [5.41, 5.74) is 8.05. The van der Waals surface area contributed by atoms with Crippen molar-refractivity contribution in [2.45, 2.75) is 4.21 Å². The molecule has 3 rings (SSSR count). The van der Waals surface area contributed by atoms with Crippen molar-refractivity contribution in [1.82, 2.24) is 9.97 Å². The number of hydrogen-bond donors (Lipinski definition) is 2. The van der Waals surface area contributed by atoms with Crippen LogP contribution in [0.25, 0.3) is 11.3 Å². The molecule has 2 heterocycles. The number of rotatable bonds is 5. The Labute approximate surface area is 180 Å². The molecule has 0 aliphatic carbocycles. The van der Waals surface area contributed by atoms with Crippen molar-refractivity contribution in [2.24, 2.45) is 0 Å². The molecule has 0 radical (unpaired) electrons. The van der Waals surface area contributed by atoms with Gasteiger partial charge in [0.05, 0.1) is 21.3 Å². The highest BCUT2D eigenvalue weighted by molar-refractivity contribution is 9.11. The van der Waals surface area contributed by atoms with Crippen molar-refractivity contribution in [2.75, 3.05) is 16.8 Å². The summed E-state index contributed by atoms with van der Waals surface area (Å²) < 4.78 is 2.72. The van der Waals surface area contributed by atoms with Gasteiger partial charge in [0.1, 0.15) is 0 Å². The van der Waals surface area contributed by atoms with Crippen molar-refractivity contribution in [1.29, 1.82) is 0 Å². The Hall–Kier alpha value is -1.13. The van der Waals surface area contributed by atoms with E-state index in [2.05, 4.69) is 47.1 Å². The quantitative estimate of drug-likeness (QED) is 0.324. The smallest absolute Gasteiger partial charge is 0.234 e. The second-order valence-electron chi connectivity index (χ2n) is 4.99. The number of nitrogen functional groups attached to an aromatic ring is 1. The van der Waals surface area contributed by atoms with Crippen molar-refractivity contribution in [3.63, 3.8) is 0 Å². The molecule has 1 aromatic carbocycles. The zero-order chi connectivity index (χ0) is 18.7. The maximum atomic E-state index is 12.2. The maximum absolute atomic E-state index is 12.2. The van der Waals surface area contributed by atoms with Crippen LogP contribution in [0.3, 0.4) is 0 Å². The van der Waals surface area contributed by atoms with Crippen molar-refractivity contribution in [3.8, 4) is 11.3 Å². The minimum absolute atomic E-state index is 0.183. The summed E-state index contributed by atoms with van der Waals surface area (Å²) in [6, 6.07) is 9.23. The SMILES string of the molecule is Nc1nc(-c2ccc(Br)cc2Br)c(SCC(=O)Nc2cccnc2Cl)s1. The Morgan fingerprint density at radius 3 is 2.88 bits per heavy atom. The fourth-order valence-corrected chi connectivity index (χ4v) is 5.34. The number of aromatic nitrogens is 2. The van der Waals surface area contributed by atoms with Crippen LogP contribution in [0.1, 0.15) is 0 Å². The average Bonchev–Trinajstić information content (AvgIpc) is 2.95. The van der Waals surface area contributed by atoms with Crippen LogP contribution in [0, 0.1) is 0 Å². The predicted molar refractivity (Wildman–Crippen MR) is 116 cm³/mol. The van der Waals surface area contributed by atoms with Crippen LogP contribution in [-0.2, 0) is 4.79 Å². The highest BCUT2D eigenvalue weighted by Gasteiger charge is 2.17. The third kappa shape index (κ3) is 4.77. The third-order valence-electron chi connectivity index (χ3n) is 3.17. The van der Waals surface area contributed by atoms with Gasteiger partial charge in [0, 0.05) is 20.7 Å². The Balaban J connectivity index is 1.74. The van der Waals surface area contributed by atoms with Crippen LogP contribution in [0.2, 0.25) is 5.15 Å². The van der Waals surface area contributed by atoms with E-state index in [1.54, 1.807) is 18.3 Å². The van der Waals surface area contributed by atoms with E-state index in [0.717, 1.165) is 24.4 Å². The monoisotopic (exact) mass is 532 g/mol. The Bertz CT molecular complexity index is 967. The molecule has 0 saturated heterocycles. The largest absolute Gasteiger partial charge is 0.375 e. The highest BCUT2D eigenvalue weighted by Crippen LogP contribution is 2.40. The molecule has 134 valence electrons. The molecule has 0 spiro atoms. The number of nitrogens with one attached hydrogen (secondary N) is 1. The average molecular weight is 535 g/mol. The number of thiazole rings is 1. The van der Waals surface area contributed by atoms with Gasteiger partial charge >= 0.3 is 0 Å². The summed E-state index contributed by atoms with van der Waals surface area (Å²) in [6.45, 7) is 0. The number of anilines is 2. The number of carbonyl (C=O) groups excluding carboxylic acids is 1. The van der Waals surface area contributed by atoms with Gasteiger partial charge in [0.25, 0.3) is 0 Å². The highest BCUT2D eigenvalue weighted by atomic mass is 79.9. The number of halogens is 3. The minimum atomic E-state index is -0.183. The molecule has 0 unspecified atom stereocenters. The first-order chi connectivity index (χ1) is 12.4. The zero-order valence-corrected chi connectivity index (χ0v) is 18.6. The van der Waals surface area contributed by atoms with Gasteiger partial charge in [-0.05, 0) is 24.3 Å². The van der Waals surface area contributed by atoms with Gasteiger partial charge in [-0.25, -0.2) is 9.97 Å². The first kappa shape index (κ1) is 19.6. The van der Waals surface area contributed by atoms with Gasteiger partial charge in [-0.15, -0.1) is 11.8 Å². The second kappa shape index (κ2) is 8.71. The van der Waals surface area contributed by atoms with Crippen LogP contribution < -0.4 is 11.1 Å². The number of carbonyl (C=O) groups is 1. The van der Waals surface area contributed by atoms with E-state index >= 15 is 0 Å². The van der Waals surface area contributed by atoms with Crippen LogP contribution in [-0.4, -0.2) is 21.6 Å². The van der Waals surface area contributed by atoms with Gasteiger partial charge in [0.2, 0.25) is 5.91 Å². The molecule has 10 heteroatoms. The van der Waals surface area contributed by atoms with E-state index in [0.29, 0.717) is 10.8 Å². The summed E-state index contributed by atoms with van der Waals surface area (Å²) in [4.78, 5) is 20.6. The molecule has 0 saturated carbocycles. The summed E-state index contributed by atoms with van der Waals surface area (Å²) in [7, 11) is 0. The van der Waals surface area contributed by atoms with E-state index in [9.17, 15) is 4.79 Å². The first-order valence-electron chi connectivity index (χ1n) is 7.19. The van der Waals surface area contributed by atoms with Gasteiger partial charge in [-0.1, -0.05) is 60.9 Å². The summed E-state index contributed by atoms with van der Waals surface area (Å²) in [6.07, 6.45) is 1.56. The van der Waals surface area contributed by atoms with Crippen molar-refractivity contribution >= 4 is 83.3 Å². The van der Waals surface area contributed by atoms with E-state index in [1.807, 2.05) is 18.2 Å². The topological polar surface area (TPSA) is 80.9 Å². The van der Waals surface area contributed by atoms with Crippen LogP contribution in [0.15, 0.2) is 49.7 Å². The lowest BCUT2D eigenvalue weighted by molar-refractivity contribution is -0.113. The first-order valence-corrected chi connectivity index (χ1v) is 11.0. The normalized spacial score (nSPS) is 10.7. The lowest BCUT2D eigenvalue weighted by atomic mass is 10.2. The number of amides is 1. The van der Waals surface area contributed by atoms with Crippen LogP contribution >= 0.6 is 66.6 Å². The summed E-state index contributed by atoms with van der Waals surface area (Å²) in [5, 5.41) is 3.46. The lowest BCUT2D eigenvalue weighted by Gasteiger charge is -2.07. The number of nitrogens with two attached hydrogens (primary N) is 1. The number of thioether (sulfide) groups is 1. The zero-order valence-electron chi connectivity index (χ0n) is 13.0. The lowest BCUT2D eigenvalue weighted by Crippen LogP contribution is -2.14.